The van der Waals surface area contributed by atoms with E-state index >= 15 is 0 Å². The number of fused-ring (bicyclic) bond motifs is 2. The van der Waals surface area contributed by atoms with Crippen molar-refractivity contribution in [3.05, 3.63) is 34.9 Å². The first kappa shape index (κ1) is 13.2. The van der Waals surface area contributed by atoms with Crippen LogP contribution in [0.1, 0.15) is 54.8 Å². The van der Waals surface area contributed by atoms with Crippen molar-refractivity contribution in [3.63, 3.8) is 0 Å². The number of nitrogens with one attached hydrogen (secondary N) is 1. The van der Waals surface area contributed by atoms with E-state index in [0.29, 0.717) is 6.04 Å². The van der Waals surface area contributed by atoms with Crippen LogP contribution in [0, 0.1) is 31.6 Å². The van der Waals surface area contributed by atoms with E-state index in [0.717, 1.165) is 17.8 Å². The zero-order valence-electron chi connectivity index (χ0n) is 12.6. The average molecular weight is 257 g/mol. The lowest BCUT2D eigenvalue weighted by atomic mass is 9.82. The van der Waals surface area contributed by atoms with Gasteiger partial charge in [0.15, 0.2) is 0 Å². The summed E-state index contributed by atoms with van der Waals surface area (Å²) in [6.45, 7) is 4.42. The summed E-state index contributed by atoms with van der Waals surface area (Å²) in [6.07, 6.45) is 7.36. The second-order valence-corrected chi connectivity index (χ2v) is 6.86. The summed E-state index contributed by atoms with van der Waals surface area (Å²) >= 11 is 0. The van der Waals surface area contributed by atoms with Gasteiger partial charge in [-0.3, -0.25) is 0 Å². The van der Waals surface area contributed by atoms with Crippen LogP contribution in [-0.2, 0) is 0 Å². The van der Waals surface area contributed by atoms with E-state index < -0.39 is 0 Å². The number of aryl methyl sites for hydroxylation is 2. The van der Waals surface area contributed by atoms with Gasteiger partial charge in [0.25, 0.3) is 0 Å². The van der Waals surface area contributed by atoms with Gasteiger partial charge >= 0.3 is 0 Å². The predicted molar refractivity (Wildman–Crippen MR) is 81.3 cm³/mol. The summed E-state index contributed by atoms with van der Waals surface area (Å²) in [6, 6.07) is 7.51. The van der Waals surface area contributed by atoms with Crippen molar-refractivity contribution < 1.29 is 0 Å². The molecule has 0 radical (unpaired) electrons. The van der Waals surface area contributed by atoms with Crippen LogP contribution in [-0.4, -0.2) is 7.05 Å². The Kier molecular flexibility index (Phi) is 3.66. The van der Waals surface area contributed by atoms with Crippen LogP contribution in [0.3, 0.4) is 0 Å². The third-order valence-electron chi connectivity index (χ3n) is 5.70. The van der Waals surface area contributed by atoms with Crippen molar-refractivity contribution in [2.45, 2.75) is 52.0 Å². The standard InChI is InChI=1S/C18H27N/c1-12-4-6-16(8-13(12)2)18(19-3)11-17-10-14-5-7-15(17)9-14/h4,6,8,14-15,17-19H,5,7,9-11H2,1-3H3. The van der Waals surface area contributed by atoms with Gasteiger partial charge in [-0.15, -0.1) is 0 Å². The van der Waals surface area contributed by atoms with Crippen molar-refractivity contribution in [1.82, 2.24) is 5.32 Å². The van der Waals surface area contributed by atoms with Gasteiger partial charge in [-0.2, -0.15) is 0 Å². The minimum atomic E-state index is 0.545. The fourth-order valence-corrected chi connectivity index (χ4v) is 4.37. The van der Waals surface area contributed by atoms with Crippen LogP contribution in [0.15, 0.2) is 18.2 Å². The largest absolute Gasteiger partial charge is 0.313 e. The molecule has 3 rings (SSSR count). The van der Waals surface area contributed by atoms with E-state index in [9.17, 15) is 0 Å². The van der Waals surface area contributed by atoms with E-state index in [1.165, 1.54) is 48.8 Å². The van der Waals surface area contributed by atoms with E-state index in [2.05, 4.69) is 44.4 Å². The van der Waals surface area contributed by atoms with Crippen LogP contribution < -0.4 is 5.32 Å². The first-order chi connectivity index (χ1) is 9.17. The van der Waals surface area contributed by atoms with Gasteiger partial charge < -0.3 is 5.32 Å². The normalized spacial score (nSPS) is 30.8. The molecule has 104 valence electrons. The van der Waals surface area contributed by atoms with Crippen LogP contribution in [0.25, 0.3) is 0 Å². The molecule has 0 aliphatic heterocycles. The molecular formula is C18H27N. The number of benzene rings is 1. The Morgan fingerprint density at radius 1 is 1.16 bits per heavy atom. The lowest BCUT2D eigenvalue weighted by Gasteiger charge is -2.27. The first-order valence-corrected chi connectivity index (χ1v) is 7.91. The fourth-order valence-electron chi connectivity index (χ4n) is 4.37. The first-order valence-electron chi connectivity index (χ1n) is 7.91. The molecule has 2 aliphatic rings. The molecule has 4 atom stereocenters. The smallest absolute Gasteiger partial charge is 0.0320 e. The van der Waals surface area contributed by atoms with E-state index in [4.69, 9.17) is 0 Å². The van der Waals surface area contributed by atoms with Crippen LogP contribution in [0.5, 0.6) is 0 Å². The topological polar surface area (TPSA) is 12.0 Å². The van der Waals surface area contributed by atoms with E-state index in [1.54, 1.807) is 0 Å². The molecule has 1 nitrogen and oxygen atoms in total. The van der Waals surface area contributed by atoms with Gasteiger partial charge in [0, 0.05) is 6.04 Å². The molecule has 2 bridgehead atoms. The summed E-state index contributed by atoms with van der Waals surface area (Å²) in [5.74, 6) is 3.07. The summed E-state index contributed by atoms with van der Waals surface area (Å²) < 4.78 is 0. The molecule has 4 unspecified atom stereocenters. The van der Waals surface area contributed by atoms with Gasteiger partial charge in [0.05, 0.1) is 0 Å². The lowest BCUT2D eigenvalue weighted by molar-refractivity contribution is 0.284. The van der Waals surface area contributed by atoms with Crippen molar-refractivity contribution in [1.29, 1.82) is 0 Å². The highest BCUT2D eigenvalue weighted by Gasteiger charge is 2.40. The van der Waals surface area contributed by atoms with Crippen molar-refractivity contribution in [2.75, 3.05) is 7.05 Å². The highest BCUT2D eigenvalue weighted by molar-refractivity contribution is 5.31. The highest BCUT2D eigenvalue weighted by atomic mass is 14.9. The van der Waals surface area contributed by atoms with Crippen LogP contribution in [0.4, 0.5) is 0 Å². The second-order valence-electron chi connectivity index (χ2n) is 6.86. The molecule has 0 saturated heterocycles. The van der Waals surface area contributed by atoms with Gasteiger partial charge in [-0.25, -0.2) is 0 Å². The summed E-state index contributed by atoms with van der Waals surface area (Å²) in [5, 5.41) is 3.55. The summed E-state index contributed by atoms with van der Waals surface area (Å²) in [5.41, 5.74) is 4.30. The Bertz CT molecular complexity index is 451. The molecule has 0 amide bonds. The third-order valence-corrected chi connectivity index (χ3v) is 5.70. The lowest BCUT2D eigenvalue weighted by Crippen LogP contribution is -2.22. The minimum Gasteiger partial charge on any atom is -0.313 e. The highest BCUT2D eigenvalue weighted by Crippen LogP contribution is 2.50. The second kappa shape index (κ2) is 5.28. The van der Waals surface area contributed by atoms with Crippen molar-refractivity contribution in [3.8, 4) is 0 Å². The molecule has 1 N–H and O–H groups in total. The molecule has 0 heterocycles. The van der Waals surface area contributed by atoms with Gasteiger partial charge in [0.2, 0.25) is 0 Å². The quantitative estimate of drug-likeness (QED) is 0.843. The van der Waals surface area contributed by atoms with Crippen molar-refractivity contribution >= 4 is 0 Å². The molecule has 1 aromatic carbocycles. The fraction of sp³-hybridized carbons (Fsp3) is 0.667. The Labute approximate surface area is 117 Å². The number of hydrogen-bond donors (Lipinski definition) is 1. The van der Waals surface area contributed by atoms with Gasteiger partial charge in [0.1, 0.15) is 0 Å². The molecule has 1 heteroatoms. The number of rotatable bonds is 4. The molecule has 2 saturated carbocycles. The van der Waals surface area contributed by atoms with Gasteiger partial charge in [-0.05, 0) is 81.0 Å². The summed E-state index contributed by atoms with van der Waals surface area (Å²) in [7, 11) is 2.12. The zero-order chi connectivity index (χ0) is 13.4. The van der Waals surface area contributed by atoms with Crippen LogP contribution >= 0.6 is 0 Å². The Morgan fingerprint density at radius 3 is 2.58 bits per heavy atom. The Balaban J connectivity index is 1.71. The van der Waals surface area contributed by atoms with Gasteiger partial charge in [-0.1, -0.05) is 24.6 Å². The molecule has 2 fully saturated rings. The molecule has 1 aromatic rings. The summed E-state index contributed by atoms with van der Waals surface area (Å²) in [4.78, 5) is 0. The third kappa shape index (κ3) is 2.58. The number of hydrogen-bond acceptors (Lipinski definition) is 1. The Hall–Kier alpha value is -0.820. The molecule has 19 heavy (non-hydrogen) atoms. The maximum absolute atomic E-state index is 3.55. The SMILES string of the molecule is CNC(CC1CC2CCC1C2)c1ccc(C)c(C)c1. The van der Waals surface area contributed by atoms with Crippen molar-refractivity contribution in [2.24, 2.45) is 17.8 Å². The maximum Gasteiger partial charge on any atom is 0.0320 e. The molecule has 2 aliphatic carbocycles. The zero-order valence-corrected chi connectivity index (χ0v) is 12.6. The molecular weight excluding hydrogens is 230 g/mol. The van der Waals surface area contributed by atoms with E-state index in [1.807, 2.05) is 0 Å². The molecule has 0 spiro atoms. The predicted octanol–water partition coefficient (Wildman–Crippen LogP) is 4.39. The Morgan fingerprint density at radius 2 is 2.00 bits per heavy atom. The monoisotopic (exact) mass is 257 g/mol. The van der Waals surface area contributed by atoms with E-state index in [-0.39, 0.29) is 0 Å². The molecule has 0 aromatic heterocycles. The van der Waals surface area contributed by atoms with Crippen LogP contribution in [0.2, 0.25) is 0 Å². The maximum atomic E-state index is 3.55. The average Bonchev–Trinajstić information content (AvgIpc) is 3.01. The minimum absolute atomic E-state index is 0.545.